The lowest BCUT2D eigenvalue weighted by Gasteiger charge is -2.13. The molecule has 1 heterocycles. The molecule has 86 valence electrons. The topological polar surface area (TPSA) is 37.6 Å². The Kier molecular flexibility index (Phi) is 5.39. The van der Waals surface area contributed by atoms with Crippen molar-refractivity contribution in [3.05, 3.63) is 23.7 Å². The number of hydrogen-bond donors (Lipinski definition) is 1. The van der Waals surface area contributed by atoms with Gasteiger partial charge in [0, 0.05) is 13.7 Å². The molecule has 0 atom stereocenters. The maximum absolute atomic E-state index is 5.63. The molecule has 1 N–H and O–H groups in total. The second-order valence-corrected chi connectivity index (χ2v) is 3.63. The van der Waals surface area contributed by atoms with E-state index in [1.165, 1.54) is 0 Å². The van der Waals surface area contributed by atoms with Crippen molar-refractivity contribution >= 4 is 0 Å². The average Bonchev–Trinajstić information content (AvgIpc) is 2.63. The summed E-state index contributed by atoms with van der Waals surface area (Å²) in [5.74, 6) is 1.98. The van der Waals surface area contributed by atoms with Gasteiger partial charge in [-0.15, -0.1) is 0 Å². The highest BCUT2D eigenvalue weighted by Crippen LogP contribution is 2.09. The maximum atomic E-state index is 5.63. The molecule has 4 heteroatoms. The molecule has 0 aliphatic heterocycles. The Balaban J connectivity index is 2.35. The van der Waals surface area contributed by atoms with Gasteiger partial charge in [-0.25, -0.2) is 0 Å². The molecule has 4 nitrogen and oxygen atoms in total. The molecule has 1 aromatic rings. The second-order valence-electron chi connectivity index (χ2n) is 3.63. The zero-order valence-corrected chi connectivity index (χ0v) is 9.75. The molecule has 0 bridgehead atoms. The fourth-order valence-electron chi connectivity index (χ4n) is 1.37. The van der Waals surface area contributed by atoms with Crippen LogP contribution in [-0.4, -0.2) is 39.3 Å². The Bertz CT molecular complexity index is 273. The lowest BCUT2D eigenvalue weighted by Crippen LogP contribution is -2.21. The Morgan fingerprint density at radius 3 is 2.80 bits per heavy atom. The zero-order chi connectivity index (χ0) is 11.1. The number of methoxy groups -OCH3 is 1. The first-order chi connectivity index (χ1) is 7.26. The summed E-state index contributed by atoms with van der Waals surface area (Å²) in [4.78, 5) is 2.17. The van der Waals surface area contributed by atoms with Gasteiger partial charge in [0.05, 0.1) is 19.7 Å². The predicted octanol–water partition coefficient (Wildman–Crippen LogP) is 1.08. The van der Waals surface area contributed by atoms with Gasteiger partial charge in [-0.05, 0) is 26.2 Å². The van der Waals surface area contributed by atoms with Gasteiger partial charge in [-0.3, -0.25) is 4.90 Å². The summed E-state index contributed by atoms with van der Waals surface area (Å²) in [6.45, 7) is 3.27. The molecule has 0 fully saturated rings. The summed E-state index contributed by atoms with van der Waals surface area (Å²) in [5, 5.41) is 3.06. The summed E-state index contributed by atoms with van der Waals surface area (Å²) < 4.78 is 10.6. The lowest BCUT2D eigenvalue weighted by atomic mass is 10.4. The number of rotatable bonds is 7. The summed E-state index contributed by atoms with van der Waals surface area (Å²) in [6, 6.07) is 4.03. The third-order valence-electron chi connectivity index (χ3n) is 2.17. The highest BCUT2D eigenvalue weighted by molar-refractivity contribution is 5.06. The molecule has 0 saturated carbocycles. The molecule has 0 aliphatic rings. The van der Waals surface area contributed by atoms with E-state index in [-0.39, 0.29) is 0 Å². The normalized spacial score (nSPS) is 11.2. The summed E-state index contributed by atoms with van der Waals surface area (Å²) in [6.07, 6.45) is 0. The molecule has 0 amide bonds. The van der Waals surface area contributed by atoms with Crippen LogP contribution in [0.3, 0.4) is 0 Å². The molecule has 1 rings (SSSR count). The van der Waals surface area contributed by atoms with Crippen LogP contribution in [0.1, 0.15) is 11.5 Å². The third kappa shape index (κ3) is 4.46. The minimum atomic E-state index is 0.751. The van der Waals surface area contributed by atoms with Crippen LogP contribution in [0.2, 0.25) is 0 Å². The minimum Gasteiger partial charge on any atom is -0.463 e. The van der Waals surface area contributed by atoms with Gasteiger partial charge < -0.3 is 14.5 Å². The number of likely N-dealkylation sites (N-methyl/N-ethyl adjacent to an activating group) is 1. The van der Waals surface area contributed by atoms with E-state index >= 15 is 0 Å². The van der Waals surface area contributed by atoms with Gasteiger partial charge in [0.25, 0.3) is 0 Å². The number of hydrogen-bond acceptors (Lipinski definition) is 4. The van der Waals surface area contributed by atoms with Gasteiger partial charge >= 0.3 is 0 Å². The van der Waals surface area contributed by atoms with E-state index in [0.717, 1.165) is 37.8 Å². The quantitative estimate of drug-likeness (QED) is 0.734. The average molecular weight is 212 g/mol. The highest BCUT2D eigenvalue weighted by Gasteiger charge is 2.04. The van der Waals surface area contributed by atoms with E-state index in [1.54, 1.807) is 7.11 Å². The molecule has 15 heavy (non-hydrogen) atoms. The van der Waals surface area contributed by atoms with Crippen molar-refractivity contribution in [2.45, 2.75) is 13.1 Å². The van der Waals surface area contributed by atoms with Crippen LogP contribution >= 0.6 is 0 Å². The van der Waals surface area contributed by atoms with Crippen LogP contribution in [0.4, 0.5) is 0 Å². The monoisotopic (exact) mass is 212 g/mol. The largest absolute Gasteiger partial charge is 0.463 e. The Morgan fingerprint density at radius 2 is 2.13 bits per heavy atom. The van der Waals surface area contributed by atoms with Crippen LogP contribution in [0.15, 0.2) is 16.5 Å². The Labute approximate surface area is 91.2 Å². The summed E-state index contributed by atoms with van der Waals surface area (Å²) >= 11 is 0. The van der Waals surface area contributed by atoms with Crippen LogP contribution in [0, 0.1) is 0 Å². The molecule has 0 saturated heterocycles. The van der Waals surface area contributed by atoms with Crippen molar-refractivity contribution in [2.75, 3.05) is 34.4 Å². The Morgan fingerprint density at radius 1 is 1.40 bits per heavy atom. The number of nitrogens with one attached hydrogen (secondary N) is 1. The highest BCUT2D eigenvalue weighted by atomic mass is 16.5. The third-order valence-corrected chi connectivity index (χ3v) is 2.17. The van der Waals surface area contributed by atoms with Crippen molar-refractivity contribution in [3.63, 3.8) is 0 Å². The van der Waals surface area contributed by atoms with E-state index in [4.69, 9.17) is 9.15 Å². The van der Waals surface area contributed by atoms with E-state index < -0.39 is 0 Å². The molecule has 0 radical (unpaired) electrons. The van der Waals surface area contributed by atoms with Crippen molar-refractivity contribution in [2.24, 2.45) is 0 Å². The van der Waals surface area contributed by atoms with E-state index in [2.05, 4.69) is 17.3 Å². The molecule has 0 aliphatic carbocycles. The van der Waals surface area contributed by atoms with E-state index in [1.807, 2.05) is 19.2 Å². The first kappa shape index (κ1) is 12.2. The standard InChI is InChI=1S/C11H20N2O2/c1-12-8-10-4-5-11(15-10)9-13(2)6-7-14-3/h4-5,12H,6-9H2,1-3H3. The molecule has 1 aromatic heterocycles. The summed E-state index contributed by atoms with van der Waals surface area (Å²) in [7, 11) is 5.68. The number of nitrogens with zero attached hydrogens (tertiary/aromatic N) is 1. The van der Waals surface area contributed by atoms with Crippen molar-refractivity contribution in [3.8, 4) is 0 Å². The molecule has 0 aromatic carbocycles. The van der Waals surface area contributed by atoms with Gasteiger partial charge in [0.15, 0.2) is 0 Å². The van der Waals surface area contributed by atoms with Gasteiger partial charge in [-0.2, -0.15) is 0 Å². The molecule has 0 unspecified atom stereocenters. The Hall–Kier alpha value is -0.840. The fourth-order valence-corrected chi connectivity index (χ4v) is 1.37. The van der Waals surface area contributed by atoms with Crippen molar-refractivity contribution in [1.82, 2.24) is 10.2 Å². The maximum Gasteiger partial charge on any atom is 0.118 e. The number of ether oxygens (including phenoxy) is 1. The smallest absolute Gasteiger partial charge is 0.118 e. The van der Waals surface area contributed by atoms with Gasteiger partial charge in [-0.1, -0.05) is 0 Å². The van der Waals surface area contributed by atoms with Crippen LogP contribution in [0.5, 0.6) is 0 Å². The summed E-state index contributed by atoms with van der Waals surface area (Å²) in [5.41, 5.74) is 0. The van der Waals surface area contributed by atoms with Gasteiger partial charge in [0.2, 0.25) is 0 Å². The van der Waals surface area contributed by atoms with Gasteiger partial charge in [0.1, 0.15) is 11.5 Å². The van der Waals surface area contributed by atoms with E-state index in [0.29, 0.717) is 0 Å². The predicted molar refractivity (Wildman–Crippen MR) is 59.7 cm³/mol. The SMILES string of the molecule is CNCc1ccc(CN(C)CCOC)o1. The van der Waals surface area contributed by atoms with Crippen LogP contribution < -0.4 is 5.32 Å². The zero-order valence-electron chi connectivity index (χ0n) is 9.75. The molecule has 0 spiro atoms. The van der Waals surface area contributed by atoms with Crippen LogP contribution in [-0.2, 0) is 17.8 Å². The fraction of sp³-hybridized carbons (Fsp3) is 0.636. The second kappa shape index (κ2) is 6.61. The van der Waals surface area contributed by atoms with E-state index in [9.17, 15) is 0 Å². The van der Waals surface area contributed by atoms with Crippen molar-refractivity contribution in [1.29, 1.82) is 0 Å². The number of furan rings is 1. The first-order valence-electron chi connectivity index (χ1n) is 5.16. The molecular formula is C11H20N2O2. The van der Waals surface area contributed by atoms with Crippen molar-refractivity contribution < 1.29 is 9.15 Å². The lowest BCUT2D eigenvalue weighted by molar-refractivity contribution is 0.154. The minimum absolute atomic E-state index is 0.751. The first-order valence-corrected chi connectivity index (χ1v) is 5.16. The van der Waals surface area contributed by atoms with Crippen LogP contribution in [0.25, 0.3) is 0 Å². The molecular weight excluding hydrogens is 192 g/mol.